The largest absolute Gasteiger partial charge is 0.449 e. The number of benzene rings is 2. The van der Waals surface area contributed by atoms with E-state index in [0.29, 0.717) is 6.33 Å². The fraction of sp³-hybridized carbons (Fsp3) is 0.174. The first-order valence-corrected chi connectivity index (χ1v) is 9.76. The summed E-state index contributed by atoms with van der Waals surface area (Å²) in [5, 5.41) is 2.44. The van der Waals surface area contributed by atoms with Crippen molar-refractivity contribution in [2.75, 3.05) is 13.2 Å². The molecule has 3 aromatic rings. The molecule has 0 aliphatic heterocycles. The van der Waals surface area contributed by atoms with E-state index in [9.17, 15) is 22.8 Å². The van der Waals surface area contributed by atoms with E-state index < -0.39 is 29.1 Å². The van der Waals surface area contributed by atoms with Crippen LogP contribution < -0.4 is 10.9 Å². The Balaban J connectivity index is 1.37. The number of halogens is 3. The van der Waals surface area contributed by atoms with Crippen LogP contribution in [-0.4, -0.2) is 29.2 Å². The van der Waals surface area contributed by atoms with Gasteiger partial charge in [-0.1, -0.05) is 54.6 Å². The SMILES string of the molecule is O=C(NCC=Cc1c(C(F)(F)F)nc[nH]c1=O)OCC1c2ccccc2-c2ccccc21. The summed E-state index contributed by atoms with van der Waals surface area (Å²) < 4.78 is 44.3. The van der Waals surface area contributed by atoms with Crippen LogP contribution >= 0.6 is 0 Å². The molecular weight excluding hydrogens is 423 g/mol. The van der Waals surface area contributed by atoms with E-state index in [-0.39, 0.29) is 19.1 Å². The lowest BCUT2D eigenvalue weighted by Crippen LogP contribution is -2.26. The smallest absolute Gasteiger partial charge is 0.434 e. The molecule has 9 heteroatoms. The number of fused-ring (bicyclic) bond motifs is 3. The molecule has 2 N–H and O–H groups in total. The predicted octanol–water partition coefficient (Wildman–Crippen LogP) is 4.34. The molecule has 0 radical (unpaired) electrons. The van der Waals surface area contributed by atoms with Crippen LogP contribution in [0.25, 0.3) is 17.2 Å². The van der Waals surface area contributed by atoms with Crippen molar-refractivity contribution in [2.45, 2.75) is 12.1 Å². The minimum Gasteiger partial charge on any atom is -0.449 e. The van der Waals surface area contributed by atoms with Crippen molar-refractivity contribution in [1.29, 1.82) is 0 Å². The molecule has 1 amide bonds. The Labute approximate surface area is 180 Å². The molecule has 32 heavy (non-hydrogen) atoms. The lowest BCUT2D eigenvalue weighted by atomic mass is 9.98. The molecule has 0 fully saturated rings. The monoisotopic (exact) mass is 441 g/mol. The molecule has 0 atom stereocenters. The molecule has 1 aromatic heterocycles. The van der Waals surface area contributed by atoms with E-state index in [1.54, 1.807) is 0 Å². The van der Waals surface area contributed by atoms with Gasteiger partial charge in [-0.15, -0.1) is 0 Å². The normalized spacial score (nSPS) is 13.1. The van der Waals surface area contributed by atoms with Crippen molar-refractivity contribution in [3.8, 4) is 11.1 Å². The lowest BCUT2D eigenvalue weighted by Gasteiger charge is -2.14. The molecule has 0 saturated carbocycles. The Morgan fingerprint density at radius 1 is 1.09 bits per heavy atom. The summed E-state index contributed by atoms with van der Waals surface area (Å²) >= 11 is 0. The summed E-state index contributed by atoms with van der Waals surface area (Å²) in [6.45, 7) is -0.00756. The second kappa shape index (κ2) is 8.70. The fourth-order valence-corrected chi connectivity index (χ4v) is 3.76. The summed E-state index contributed by atoms with van der Waals surface area (Å²) in [6.07, 6.45) is -2.60. The Morgan fingerprint density at radius 2 is 1.72 bits per heavy atom. The highest BCUT2D eigenvalue weighted by atomic mass is 19.4. The first-order chi connectivity index (χ1) is 15.4. The Kier molecular flexibility index (Phi) is 5.81. The van der Waals surface area contributed by atoms with Gasteiger partial charge >= 0.3 is 12.3 Å². The van der Waals surface area contributed by atoms with E-state index in [1.165, 1.54) is 6.08 Å². The van der Waals surface area contributed by atoms with Crippen molar-refractivity contribution in [3.63, 3.8) is 0 Å². The zero-order valence-corrected chi connectivity index (χ0v) is 16.6. The van der Waals surface area contributed by atoms with Gasteiger partial charge in [0.05, 0.1) is 11.9 Å². The van der Waals surface area contributed by atoms with Crippen molar-refractivity contribution in [3.05, 3.63) is 93.7 Å². The zero-order valence-electron chi connectivity index (χ0n) is 16.6. The highest BCUT2D eigenvalue weighted by molar-refractivity contribution is 5.79. The van der Waals surface area contributed by atoms with Gasteiger partial charge in [0.2, 0.25) is 0 Å². The standard InChI is InChI=1S/C23H18F3N3O3/c24-23(25,26)20-18(21(30)29-13-28-20)10-5-11-27-22(31)32-12-19-16-8-3-1-6-14(16)15-7-2-4-9-17(15)19/h1-10,13,19H,11-12H2,(H,27,31)(H,28,29,30). The first-order valence-electron chi connectivity index (χ1n) is 9.76. The summed E-state index contributed by atoms with van der Waals surface area (Å²) in [5.74, 6) is -0.105. The molecule has 0 unspecified atom stereocenters. The molecule has 6 nitrogen and oxygen atoms in total. The molecular formula is C23H18F3N3O3. The maximum absolute atomic E-state index is 13.0. The summed E-state index contributed by atoms with van der Waals surface area (Å²) in [6, 6.07) is 15.8. The number of hydrogen-bond acceptors (Lipinski definition) is 4. The Hall–Kier alpha value is -3.88. The second-order valence-electron chi connectivity index (χ2n) is 7.10. The van der Waals surface area contributed by atoms with Crippen molar-refractivity contribution >= 4 is 12.2 Å². The highest BCUT2D eigenvalue weighted by Crippen LogP contribution is 2.44. The molecule has 4 rings (SSSR count). The predicted molar refractivity (Wildman–Crippen MR) is 112 cm³/mol. The molecule has 0 spiro atoms. The zero-order chi connectivity index (χ0) is 22.7. The number of amides is 1. The number of carbonyl (C=O) groups is 1. The highest BCUT2D eigenvalue weighted by Gasteiger charge is 2.35. The minimum absolute atomic E-state index is 0.105. The topological polar surface area (TPSA) is 84.1 Å². The molecule has 1 aliphatic carbocycles. The summed E-state index contributed by atoms with van der Waals surface area (Å²) in [5.41, 5.74) is 1.48. The van der Waals surface area contributed by atoms with Crippen LogP contribution in [0.4, 0.5) is 18.0 Å². The van der Waals surface area contributed by atoms with Crippen molar-refractivity contribution in [2.24, 2.45) is 0 Å². The number of nitrogens with one attached hydrogen (secondary N) is 2. The number of hydrogen-bond donors (Lipinski definition) is 2. The fourth-order valence-electron chi connectivity index (χ4n) is 3.76. The van der Waals surface area contributed by atoms with Gasteiger partial charge in [0.25, 0.3) is 5.56 Å². The van der Waals surface area contributed by atoms with Crippen LogP contribution in [0, 0.1) is 0 Å². The summed E-state index contributed by atoms with van der Waals surface area (Å²) in [7, 11) is 0. The number of ether oxygens (including phenoxy) is 1. The van der Waals surface area contributed by atoms with E-state index in [0.717, 1.165) is 28.3 Å². The third kappa shape index (κ3) is 4.27. The molecule has 0 saturated heterocycles. The van der Waals surface area contributed by atoms with Crippen LogP contribution in [-0.2, 0) is 10.9 Å². The van der Waals surface area contributed by atoms with Gasteiger partial charge in [-0.05, 0) is 28.3 Å². The third-order valence-electron chi connectivity index (χ3n) is 5.15. The third-order valence-corrected chi connectivity index (χ3v) is 5.15. The maximum atomic E-state index is 13.0. The number of aromatic amines is 1. The van der Waals surface area contributed by atoms with Crippen LogP contribution in [0.1, 0.15) is 28.3 Å². The van der Waals surface area contributed by atoms with Crippen LogP contribution in [0.15, 0.2) is 65.7 Å². The van der Waals surface area contributed by atoms with Crippen molar-refractivity contribution < 1.29 is 22.7 Å². The quantitative estimate of drug-likeness (QED) is 0.617. The first kappa shape index (κ1) is 21.4. The Bertz CT molecular complexity index is 1190. The number of rotatable bonds is 5. The van der Waals surface area contributed by atoms with Gasteiger partial charge in [0.1, 0.15) is 6.61 Å². The number of alkyl halides is 3. The number of aromatic nitrogens is 2. The van der Waals surface area contributed by atoms with E-state index >= 15 is 0 Å². The van der Waals surface area contributed by atoms with Crippen molar-refractivity contribution in [1.82, 2.24) is 15.3 Å². The number of H-pyrrole nitrogens is 1. The Morgan fingerprint density at radius 3 is 2.34 bits per heavy atom. The second-order valence-corrected chi connectivity index (χ2v) is 7.10. The van der Waals surface area contributed by atoms with E-state index in [1.807, 2.05) is 48.5 Å². The molecule has 164 valence electrons. The average Bonchev–Trinajstić information content (AvgIpc) is 3.09. The number of carbonyl (C=O) groups excluding carboxylic acids is 1. The molecule has 1 aliphatic rings. The van der Waals surface area contributed by atoms with Gasteiger partial charge in [-0.2, -0.15) is 13.2 Å². The van der Waals surface area contributed by atoms with Gasteiger partial charge in [-0.3, -0.25) is 4.79 Å². The van der Waals surface area contributed by atoms with Crippen LogP contribution in [0.3, 0.4) is 0 Å². The molecule has 2 aromatic carbocycles. The molecule has 0 bridgehead atoms. The summed E-state index contributed by atoms with van der Waals surface area (Å²) in [4.78, 5) is 29.1. The maximum Gasteiger partial charge on any atom is 0.434 e. The van der Waals surface area contributed by atoms with Gasteiger partial charge in [-0.25, -0.2) is 9.78 Å². The lowest BCUT2D eigenvalue weighted by molar-refractivity contribution is -0.141. The van der Waals surface area contributed by atoms with Gasteiger partial charge in [0, 0.05) is 12.5 Å². The molecule has 1 heterocycles. The number of alkyl carbamates (subject to hydrolysis) is 1. The van der Waals surface area contributed by atoms with Crippen LogP contribution in [0.5, 0.6) is 0 Å². The minimum atomic E-state index is -4.77. The van der Waals surface area contributed by atoms with E-state index in [4.69, 9.17) is 4.74 Å². The van der Waals surface area contributed by atoms with Gasteiger partial charge in [0.15, 0.2) is 5.69 Å². The average molecular weight is 441 g/mol. The number of nitrogens with zero attached hydrogens (tertiary/aromatic N) is 1. The van der Waals surface area contributed by atoms with Crippen LogP contribution in [0.2, 0.25) is 0 Å². The van der Waals surface area contributed by atoms with E-state index in [2.05, 4.69) is 15.3 Å². The van der Waals surface area contributed by atoms with Gasteiger partial charge < -0.3 is 15.0 Å².